The quantitative estimate of drug-likeness (QED) is 0.0768. The largest absolute Gasteiger partial charge is 0.444 e. The molecule has 0 bridgehead atoms. The molecule has 18 nitrogen and oxygen atoms in total. The molecule has 2 fully saturated rings. The number of amides is 1. The molecule has 8 aromatic rings. The van der Waals surface area contributed by atoms with E-state index in [1.165, 1.54) is 22.7 Å². The number of thiazole rings is 2. The Morgan fingerprint density at radius 3 is 1.47 bits per heavy atom. The van der Waals surface area contributed by atoms with Gasteiger partial charge in [0, 0.05) is 98.2 Å². The minimum atomic E-state index is -0.514. The number of ether oxygens (including phenoxy) is 1. The zero-order valence-corrected chi connectivity index (χ0v) is 48.6. The van der Waals surface area contributed by atoms with Crippen molar-refractivity contribution in [2.45, 2.75) is 130 Å². The Kier molecular flexibility index (Phi) is 16.7. The van der Waals surface area contributed by atoms with Crippen LogP contribution in [0.5, 0.6) is 0 Å². The van der Waals surface area contributed by atoms with Crippen LogP contribution < -0.4 is 16.0 Å². The van der Waals surface area contributed by atoms with Gasteiger partial charge in [0.05, 0.1) is 67.0 Å². The molecule has 6 aromatic heterocycles. The highest BCUT2D eigenvalue weighted by Gasteiger charge is 2.35. The van der Waals surface area contributed by atoms with Crippen LogP contribution in [0.15, 0.2) is 98.1 Å². The number of carbonyl (C=O) groups excluding carboxylic acids is 3. The number of aromatic nitrogens is 10. The Hall–Kier alpha value is -7.55. The van der Waals surface area contributed by atoms with Crippen molar-refractivity contribution in [3.63, 3.8) is 0 Å². The maximum atomic E-state index is 12.8. The summed E-state index contributed by atoms with van der Waals surface area (Å²) in [7, 11) is 0. The number of rotatable bonds is 16. The standard InChI is InChI=1S/C32H39N7O3S.C27H31N7OS/c1-20-14-22(9-8-21(20)10-11-26(40)27-16-34-28(43-27)31(2,3)4)25-12-13-33-29(37-25)36-23-15-35-39(17-23)24-18-38(19-24)30(41)42-32(5,6)7;1-17-11-19(6-5-18(17)7-8-23(35)24-15-30-25(36-24)27(2,3)4)22-9-10-29-26(33-22)32-20-12-31-34(16-20)21-13-28-14-21/h8-9,12-17,24H,10-11,18-19H2,1-7H3,(H,33,36,37);5-6,9-12,15-16,21,28H,7-8,13-14H2,1-4H3,(H,29,32,33). The highest BCUT2D eigenvalue weighted by atomic mass is 32.1. The van der Waals surface area contributed by atoms with E-state index >= 15 is 0 Å². The van der Waals surface area contributed by atoms with Gasteiger partial charge in [-0.15, -0.1) is 22.7 Å². The van der Waals surface area contributed by atoms with Gasteiger partial charge in [-0.3, -0.25) is 19.0 Å². The summed E-state index contributed by atoms with van der Waals surface area (Å²) in [5.41, 5.74) is 9.20. The van der Waals surface area contributed by atoms with Crippen molar-refractivity contribution < 1.29 is 19.1 Å². The molecule has 79 heavy (non-hydrogen) atoms. The lowest BCUT2D eigenvalue weighted by Crippen LogP contribution is -2.52. The lowest BCUT2D eigenvalue weighted by Gasteiger charge is -2.39. The lowest BCUT2D eigenvalue weighted by molar-refractivity contribution is -0.000400. The van der Waals surface area contributed by atoms with Crippen molar-refractivity contribution in [2.75, 3.05) is 36.8 Å². The van der Waals surface area contributed by atoms with Gasteiger partial charge in [-0.1, -0.05) is 65.8 Å². The minimum Gasteiger partial charge on any atom is -0.444 e. The first-order valence-corrected chi connectivity index (χ1v) is 28.3. The number of Topliss-reactive ketones (excluding diaryl/α,β-unsaturated/α-hetero) is 2. The predicted octanol–water partition coefficient (Wildman–Crippen LogP) is 11.9. The van der Waals surface area contributed by atoms with Crippen LogP contribution in [-0.4, -0.2) is 104 Å². The smallest absolute Gasteiger partial charge is 0.410 e. The number of hydrogen-bond donors (Lipinski definition) is 3. The normalized spacial score (nSPS) is 14.0. The fourth-order valence-corrected chi connectivity index (χ4v) is 10.6. The van der Waals surface area contributed by atoms with Crippen molar-refractivity contribution in [3.05, 3.63) is 140 Å². The van der Waals surface area contributed by atoms with E-state index in [9.17, 15) is 14.4 Å². The van der Waals surface area contributed by atoms with Gasteiger partial charge < -0.3 is 25.6 Å². The number of carbonyl (C=O) groups is 3. The van der Waals surface area contributed by atoms with Crippen LogP contribution in [-0.2, 0) is 28.4 Å². The molecule has 0 spiro atoms. The summed E-state index contributed by atoms with van der Waals surface area (Å²) in [6, 6.07) is 16.8. The van der Waals surface area contributed by atoms with Crippen molar-refractivity contribution >= 4 is 63.6 Å². The van der Waals surface area contributed by atoms with Crippen LogP contribution in [0.3, 0.4) is 0 Å². The number of ketones is 2. The molecule has 8 heterocycles. The zero-order chi connectivity index (χ0) is 56.2. The third-order valence-electron chi connectivity index (χ3n) is 13.4. The van der Waals surface area contributed by atoms with Gasteiger partial charge in [0.2, 0.25) is 11.9 Å². The Bertz CT molecular complexity index is 3460. The van der Waals surface area contributed by atoms with E-state index < -0.39 is 5.60 Å². The number of anilines is 4. The molecule has 2 aliphatic rings. The molecule has 0 unspecified atom stereocenters. The molecule has 0 saturated carbocycles. The first kappa shape index (κ1) is 56.2. The van der Waals surface area contributed by atoms with Gasteiger partial charge in [-0.2, -0.15) is 10.2 Å². The molecule has 0 atom stereocenters. The molecule has 3 N–H and O–H groups in total. The fourth-order valence-electron chi connectivity index (χ4n) is 8.69. The van der Waals surface area contributed by atoms with E-state index in [0.29, 0.717) is 56.7 Å². The Balaban J connectivity index is 0.000000195. The van der Waals surface area contributed by atoms with Crippen LogP contribution in [0.2, 0.25) is 0 Å². The molecular weight excluding hydrogens is 1030 g/mol. The number of likely N-dealkylation sites (tertiary alicyclic amines) is 1. The lowest BCUT2D eigenvalue weighted by atomic mass is 9.98. The second-order valence-corrected chi connectivity index (χ2v) is 25.3. The first-order valence-electron chi connectivity index (χ1n) is 26.7. The van der Waals surface area contributed by atoms with Crippen LogP contribution in [0, 0.1) is 13.8 Å². The third kappa shape index (κ3) is 14.4. The van der Waals surface area contributed by atoms with Crippen LogP contribution in [0.4, 0.5) is 28.1 Å². The molecule has 0 radical (unpaired) electrons. The van der Waals surface area contributed by atoms with E-state index in [-0.39, 0.29) is 34.5 Å². The van der Waals surface area contributed by atoms with Crippen molar-refractivity contribution in [1.82, 2.24) is 59.7 Å². The molecule has 10 rings (SSSR count). The van der Waals surface area contributed by atoms with Crippen molar-refractivity contribution in [3.8, 4) is 22.5 Å². The monoisotopic (exact) mass is 1100 g/mol. The van der Waals surface area contributed by atoms with E-state index in [2.05, 4.69) is 132 Å². The van der Waals surface area contributed by atoms with Crippen LogP contribution in [0.25, 0.3) is 22.5 Å². The molecular formula is C59H70N14O4S2. The highest BCUT2D eigenvalue weighted by molar-refractivity contribution is 7.14. The maximum Gasteiger partial charge on any atom is 0.410 e. The third-order valence-corrected chi connectivity index (χ3v) is 16.3. The minimum absolute atomic E-state index is 0.0400. The van der Waals surface area contributed by atoms with Gasteiger partial charge in [0.1, 0.15) is 5.60 Å². The highest BCUT2D eigenvalue weighted by Crippen LogP contribution is 2.32. The predicted molar refractivity (Wildman–Crippen MR) is 311 cm³/mol. The Morgan fingerprint density at radius 2 is 1.08 bits per heavy atom. The van der Waals surface area contributed by atoms with E-state index in [1.807, 2.05) is 60.7 Å². The average molecular weight is 1100 g/mol. The summed E-state index contributed by atoms with van der Waals surface area (Å²) in [5.74, 6) is 1.27. The van der Waals surface area contributed by atoms with Gasteiger partial charge in [-0.25, -0.2) is 34.7 Å². The molecule has 2 saturated heterocycles. The summed E-state index contributed by atoms with van der Waals surface area (Å²) < 4.78 is 9.24. The van der Waals surface area contributed by atoms with E-state index in [1.54, 1.807) is 42.1 Å². The van der Waals surface area contributed by atoms with Gasteiger partial charge in [0.15, 0.2) is 11.6 Å². The van der Waals surface area contributed by atoms with Crippen LogP contribution in [0.1, 0.15) is 139 Å². The molecule has 412 valence electrons. The molecule has 2 aliphatic heterocycles. The van der Waals surface area contributed by atoms with Gasteiger partial charge in [0.25, 0.3) is 0 Å². The van der Waals surface area contributed by atoms with E-state index in [4.69, 9.17) is 14.7 Å². The van der Waals surface area contributed by atoms with Gasteiger partial charge in [-0.05, 0) is 94.0 Å². The van der Waals surface area contributed by atoms with Gasteiger partial charge >= 0.3 is 6.09 Å². The number of benzene rings is 2. The number of hydrogen-bond acceptors (Lipinski definition) is 17. The zero-order valence-electron chi connectivity index (χ0n) is 46.9. The number of nitrogens with zero attached hydrogens (tertiary/aromatic N) is 11. The summed E-state index contributed by atoms with van der Waals surface area (Å²) in [4.78, 5) is 68.0. The first-order chi connectivity index (χ1) is 37.5. The van der Waals surface area contributed by atoms with Crippen LogP contribution >= 0.6 is 22.7 Å². The Labute approximate surface area is 469 Å². The molecule has 1 amide bonds. The SMILES string of the molecule is Cc1cc(-c2ccnc(Nc3cnn(C4CN(C(=O)OC(C)(C)C)C4)c3)n2)ccc1CCC(=O)c1cnc(C(C)(C)C)s1.Cc1cc(-c2ccnc(Nc3cnn(C4CNC4)c3)n2)ccc1CCC(=O)c1cnc(C(C)(C)C)s1. The summed E-state index contributed by atoms with van der Waals surface area (Å²) in [6.07, 6.45) is 16.3. The second kappa shape index (κ2) is 23.4. The maximum absolute atomic E-state index is 12.8. The average Bonchev–Trinajstić information content (AvgIpc) is 4.25. The van der Waals surface area contributed by atoms with Crippen molar-refractivity contribution in [2.24, 2.45) is 0 Å². The second-order valence-electron chi connectivity index (χ2n) is 23.2. The van der Waals surface area contributed by atoms with E-state index in [0.717, 1.165) is 89.0 Å². The van der Waals surface area contributed by atoms with Crippen molar-refractivity contribution in [1.29, 1.82) is 0 Å². The Morgan fingerprint density at radius 1 is 0.620 bits per heavy atom. The summed E-state index contributed by atoms with van der Waals surface area (Å²) in [6.45, 7) is 25.4. The fraction of sp³-hybridized carbons (Fsp3) is 0.407. The topological polar surface area (TPSA) is 213 Å². The summed E-state index contributed by atoms with van der Waals surface area (Å²) in [5, 5.41) is 20.6. The molecule has 0 aliphatic carbocycles. The number of aryl methyl sites for hydroxylation is 4. The number of nitrogens with one attached hydrogen (secondary N) is 3. The molecule has 20 heteroatoms. The molecule has 2 aromatic carbocycles. The summed E-state index contributed by atoms with van der Waals surface area (Å²) >= 11 is 3.00.